The van der Waals surface area contributed by atoms with E-state index in [1.807, 2.05) is 50.2 Å². The predicted octanol–water partition coefficient (Wildman–Crippen LogP) is 3.93. The number of aromatic nitrogens is 1. The lowest BCUT2D eigenvalue weighted by Crippen LogP contribution is -2.62. The lowest BCUT2D eigenvalue weighted by molar-refractivity contribution is -0.121. The zero-order valence-corrected chi connectivity index (χ0v) is 24.1. The minimum Gasteiger partial charge on any atom is -0.439 e. The van der Waals surface area contributed by atoms with E-state index in [9.17, 15) is 14.4 Å². The van der Waals surface area contributed by atoms with Crippen LogP contribution in [0.2, 0.25) is 0 Å². The van der Waals surface area contributed by atoms with E-state index in [-0.39, 0.29) is 47.3 Å². The molecule has 1 aromatic heterocycles. The maximum atomic E-state index is 13.6. The molecule has 4 amide bonds. The highest BCUT2D eigenvalue weighted by molar-refractivity contribution is 8.04. The Balaban J connectivity index is 1.19. The number of nitrogens with zero attached hydrogens (tertiary/aromatic N) is 2. The van der Waals surface area contributed by atoms with E-state index < -0.39 is 0 Å². The van der Waals surface area contributed by atoms with Crippen LogP contribution in [-0.2, 0) is 9.59 Å². The number of amides is 4. The molecule has 1 aliphatic carbocycles. The van der Waals surface area contributed by atoms with Crippen molar-refractivity contribution in [2.75, 3.05) is 11.4 Å². The number of hydrogen-bond acceptors (Lipinski definition) is 7. The van der Waals surface area contributed by atoms with E-state index in [0.29, 0.717) is 34.3 Å². The molecule has 2 aromatic rings. The maximum Gasteiger partial charge on any atom is 0.326 e. The van der Waals surface area contributed by atoms with Gasteiger partial charge in [-0.2, -0.15) is 0 Å². The third-order valence-corrected chi connectivity index (χ3v) is 9.66. The molecule has 1 saturated carbocycles. The number of carbonyl (C=O) groups is 3. The van der Waals surface area contributed by atoms with Crippen LogP contribution < -0.4 is 30.9 Å². The van der Waals surface area contributed by atoms with Crippen molar-refractivity contribution >= 4 is 35.3 Å². The molecule has 4 heterocycles. The SMILES string of the molecule is CCC(=O)N[C@@H]1CCC[C@H](NC(=O)C2=C3NC(=O)N(c4ccc(Oc5ccccc5)nc4C)C4CCNC(S2)C34)C1. The molecule has 2 saturated heterocycles. The first kappa shape index (κ1) is 27.6. The number of carbonyl (C=O) groups excluding carboxylic acids is 3. The largest absolute Gasteiger partial charge is 0.439 e. The second-order valence-corrected chi connectivity index (χ2v) is 12.2. The van der Waals surface area contributed by atoms with Crippen molar-refractivity contribution in [1.82, 2.24) is 26.3 Å². The van der Waals surface area contributed by atoms with Crippen molar-refractivity contribution in [3.63, 3.8) is 0 Å². The van der Waals surface area contributed by atoms with Crippen LogP contribution >= 0.6 is 11.8 Å². The van der Waals surface area contributed by atoms with Gasteiger partial charge in [0, 0.05) is 36.2 Å². The molecule has 1 aromatic carbocycles. The van der Waals surface area contributed by atoms with Crippen molar-refractivity contribution in [3.05, 3.63) is 58.8 Å². The maximum absolute atomic E-state index is 13.6. The van der Waals surface area contributed by atoms with Gasteiger partial charge in [-0.3, -0.25) is 14.5 Å². The van der Waals surface area contributed by atoms with Crippen LogP contribution in [0.15, 0.2) is 53.1 Å². The quantitative estimate of drug-likeness (QED) is 0.394. The predicted molar refractivity (Wildman–Crippen MR) is 157 cm³/mol. The zero-order valence-electron chi connectivity index (χ0n) is 23.3. The van der Waals surface area contributed by atoms with E-state index >= 15 is 0 Å². The summed E-state index contributed by atoms with van der Waals surface area (Å²) in [6.45, 7) is 4.47. The Morgan fingerprint density at radius 3 is 2.63 bits per heavy atom. The molecule has 10 nitrogen and oxygen atoms in total. The van der Waals surface area contributed by atoms with Crippen LogP contribution in [0.4, 0.5) is 10.5 Å². The minimum absolute atomic E-state index is 0.00972. The van der Waals surface area contributed by atoms with E-state index in [1.54, 1.807) is 11.0 Å². The summed E-state index contributed by atoms with van der Waals surface area (Å²) in [5.41, 5.74) is 2.14. The van der Waals surface area contributed by atoms with Gasteiger partial charge >= 0.3 is 6.03 Å². The van der Waals surface area contributed by atoms with Gasteiger partial charge in [-0.05, 0) is 63.8 Å². The zero-order chi connectivity index (χ0) is 28.5. The number of para-hydroxylation sites is 1. The topological polar surface area (TPSA) is 125 Å². The lowest BCUT2D eigenvalue weighted by Gasteiger charge is -2.46. The van der Waals surface area contributed by atoms with Crippen molar-refractivity contribution in [2.24, 2.45) is 5.92 Å². The third-order valence-electron chi connectivity index (χ3n) is 8.30. The number of ether oxygens (including phenoxy) is 1. The summed E-state index contributed by atoms with van der Waals surface area (Å²) in [5.74, 6) is 1.00. The number of nitrogens with one attached hydrogen (secondary N) is 4. The second-order valence-electron chi connectivity index (χ2n) is 11.0. The third kappa shape index (κ3) is 5.65. The number of pyridine rings is 1. The Morgan fingerprint density at radius 2 is 1.88 bits per heavy atom. The van der Waals surface area contributed by atoms with Crippen molar-refractivity contribution < 1.29 is 19.1 Å². The molecule has 3 fully saturated rings. The number of benzene rings is 1. The van der Waals surface area contributed by atoms with Crippen LogP contribution in [0.3, 0.4) is 0 Å². The second kappa shape index (κ2) is 11.7. The first-order valence-corrected chi connectivity index (χ1v) is 15.3. The molecular formula is C30H36N6O4S. The summed E-state index contributed by atoms with van der Waals surface area (Å²) in [4.78, 5) is 46.1. The molecule has 6 rings (SSSR count). The molecule has 0 radical (unpaired) electrons. The average molecular weight is 577 g/mol. The molecule has 0 bridgehead atoms. The summed E-state index contributed by atoms with van der Waals surface area (Å²) < 4.78 is 5.90. The standard InChI is InChI=1S/C30H36N6O4S/c1-3-23(37)33-18-8-7-9-19(16-18)34-28(38)27-26-25-22(14-15-31-29(25)41-27)36(30(39)35-26)21-12-13-24(32-17(21)2)40-20-10-5-4-6-11-20/h4-6,10-13,18-19,22,25,29,31H,3,7-9,14-16H2,1-2H3,(H,33,37)(H,34,38)(H,35,39)/t18-,19+,22?,25?,29?/m1/s1. The molecule has 5 atom stereocenters. The smallest absolute Gasteiger partial charge is 0.326 e. The first-order valence-electron chi connectivity index (χ1n) is 14.5. The van der Waals surface area contributed by atoms with Crippen molar-refractivity contribution in [3.8, 4) is 11.6 Å². The number of anilines is 1. The number of thioether (sulfide) groups is 1. The van der Waals surface area contributed by atoms with Crippen LogP contribution in [0.5, 0.6) is 11.6 Å². The number of aryl methyl sites for hydroxylation is 1. The Morgan fingerprint density at radius 1 is 1.10 bits per heavy atom. The minimum atomic E-state index is -0.253. The highest BCUT2D eigenvalue weighted by atomic mass is 32.2. The van der Waals surface area contributed by atoms with Gasteiger partial charge in [-0.1, -0.05) is 36.9 Å². The molecule has 216 valence electrons. The summed E-state index contributed by atoms with van der Waals surface area (Å²) in [5, 5.41) is 12.9. The number of urea groups is 1. The fraction of sp³-hybridized carbons (Fsp3) is 0.467. The van der Waals surface area contributed by atoms with Gasteiger partial charge in [0.15, 0.2) is 0 Å². The van der Waals surface area contributed by atoms with E-state index in [2.05, 4.69) is 26.3 Å². The van der Waals surface area contributed by atoms with Crippen molar-refractivity contribution in [2.45, 2.75) is 75.9 Å². The first-order chi connectivity index (χ1) is 19.9. The van der Waals surface area contributed by atoms with E-state index in [0.717, 1.165) is 44.3 Å². The highest BCUT2D eigenvalue weighted by Crippen LogP contribution is 2.48. The number of hydrogen-bond donors (Lipinski definition) is 4. The molecule has 3 aliphatic heterocycles. The average Bonchev–Trinajstić information content (AvgIpc) is 3.34. The number of piperidine rings is 1. The Kier molecular flexibility index (Phi) is 7.90. The van der Waals surface area contributed by atoms with Gasteiger partial charge in [0.2, 0.25) is 11.8 Å². The fourth-order valence-electron chi connectivity index (χ4n) is 6.39. The van der Waals surface area contributed by atoms with Crippen LogP contribution in [0.25, 0.3) is 0 Å². The molecule has 4 N–H and O–H groups in total. The molecule has 41 heavy (non-hydrogen) atoms. The molecular weight excluding hydrogens is 540 g/mol. The lowest BCUT2D eigenvalue weighted by atomic mass is 9.86. The summed E-state index contributed by atoms with van der Waals surface area (Å²) in [6, 6.07) is 12.9. The summed E-state index contributed by atoms with van der Waals surface area (Å²) >= 11 is 1.50. The Bertz CT molecular complexity index is 1370. The van der Waals surface area contributed by atoms with Gasteiger partial charge in [-0.25, -0.2) is 9.78 Å². The van der Waals surface area contributed by atoms with Crippen molar-refractivity contribution in [1.29, 1.82) is 0 Å². The van der Waals surface area contributed by atoms with Crippen LogP contribution in [0, 0.1) is 12.8 Å². The highest BCUT2D eigenvalue weighted by Gasteiger charge is 2.52. The van der Waals surface area contributed by atoms with Gasteiger partial charge in [0.05, 0.1) is 27.7 Å². The Labute approximate surface area is 244 Å². The van der Waals surface area contributed by atoms with Gasteiger partial charge in [-0.15, -0.1) is 0 Å². The van der Waals surface area contributed by atoms with Gasteiger partial charge < -0.3 is 26.0 Å². The molecule has 11 heteroatoms. The monoisotopic (exact) mass is 576 g/mol. The van der Waals surface area contributed by atoms with E-state index in [4.69, 9.17) is 4.74 Å². The fourth-order valence-corrected chi connectivity index (χ4v) is 7.79. The Hall–Kier alpha value is -3.57. The molecule has 3 unspecified atom stereocenters. The van der Waals surface area contributed by atoms with E-state index in [1.165, 1.54) is 11.8 Å². The van der Waals surface area contributed by atoms with Crippen LogP contribution in [0.1, 0.15) is 51.1 Å². The normalized spacial score (nSPS) is 27.1. The molecule has 4 aliphatic rings. The summed E-state index contributed by atoms with van der Waals surface area (Å²) in [7, 11) is 0. The van der Waals surface area contributed by atoms with Gasteiger partial charge in [0.25, 0.3) is 5.91 Å². The number of rotatable bonds is 7. The summed E-state index contributed by atoms with van der Waals surface area (Å²) in [6.07, 6.45) is 4.68. The molecule has 0 spiro atoms. The van der Waals surface area contributed by atoms with Crippen LogP contribution in [-0.4, -0.2) is 52.9 Å². The van der Waals surface area contributed by atoms with Gasteiger partial charge in [0.1, 0.15) is 5.75 Å².